The summed E-state index contributed by atoms with van der Waals surface area (Å²) < 4.78 is 78.9. The highest BCUT2D eigenvalue weighted by atomic mass is 19.4. The molecule has 2 aromatic heterocycles. The Morgan fingerprint density at radius 2 is 1.65 bits per heavy atom. The normalized spacial score (nSPS) is 12.5. The number of aromatic nitrogens is 2. The van der Waals surface area contributed by atoms with Crippen LogP contribution in [0.4, 0.5) is 26.3 Å². The molecule has 1 aromatic carbocycles. The minimum atomic E-state index is -4.90. The summed E-state index contributed by atoms with van der Waals surface area (Å²) in [5.74, 6) is -0.135. The molecule has 3 aromatic rings. The second-order valence-corrected chi connectivity index (χ2v) is 5.55. The highest BCUT2D eigenvalue weighted by Gasteiger charge is 2.37. The fourth-order valence-corrected chi connectivity index (χ4v) is 2.56. The van der Waals surface area contributed by atoms with Crippen LogP contribution >= 0.6 is 0 Å². The molecule has 0 radical (unpaired) electrons. The van der Waals surface area contributed by atoms with Crippen molar-refractivity contribution in [2.75, 3.05) is 0 Å². The Kier molecular flexibility index (Phi) is 4.25. The van der Waals surface area contributed by atoms with E-state index in [1.165, 1.54) is 18.2 Å². The average Bonchev–Trinajstić information content (AvgIpc) is 2.54. The van der Waals surface area contributed by atoms with Gasteiger partial charge in [0.2, 0.25) is 0 Å². The summed E-state index contributed by atoms with van der Waals surface area (Å²) >= 11 is 0. The van der Waals surface area contributed by atoms with E-state index in [4.69, 9.17) is 0 Å². The number of fused-ring (bicyclic) bond motifs is 1. The van der Waals surface area contributed by atoms with Crippen LogP contribution < -0.4 is 0 Å². The van der Waals surface area contributed by atoms with Gasteiger partial charge in [-0.3, -0.25) is 4.98 Å². The number of pyridine rings is 2. The largest absolute Gasteiger partial charge is 0.506 e. The number of aromatic hydroxyl groups is 1. The zero-order valence-electron chi connectivity index (χ0n) is 12.9. The standard InChI is InChI=1S/C17H10F6N2O/c18-16(19,20)13-3-1-2-12-9(6-10-4-5-11(26)8-24-10)7-14(17(21,22)23)25-15(12)13/h1-5,7-8,26H,6H2. The van der Waals surface area contributed by atoms with Crippen molar-refractivity contribution in [2.24, 2.45) is 0 Å². The Bertz CT molecular complexity index is 948. The summed E-state index contributed by atoms with van der Waals surface area (Å²) in [6, 6.07) is 6.48. The van der Waals surface area contributed by atoms with Crippen molar-refractivity contribution < 1.29 is 31.4 Å². The third kappa shape index (κ3) is 3.56. The molecule has 136 valence electrons. The predicted molar refractivity (Wildman–Crippen MR) is 80.5 cm³/mol. The van der Waals surface area contributed by atoms with Gasteiger partial charge >= 0.3 is 12.4 Å². The van der Waals surface area contributed by atoms with Gasteiger partial charge in [-0.25, -0.2) is 4.98 Å². The van der Waals surface area contributed by atoms with Crippen LogP contribution in [0.5, 0.6) is 5.75 Å². The lowest BCUT2D eigenvalue weighted by Gasteiger charge is -2.15. The van der Waals surface area contributed by atoms with Crippen molar-refractivity contribution in [3.05, 3.63) is 65.1 Å². The lowest BCUT2D eigenvalue weighted by Crippen LogP contribution is -2.13. The molecule has 26 heavy (non-hydrogen) atoms. The van der Waals surface area contributed by atoms with Crippen LogP contribution in [-0.4, -0.2) is 15.1 Å². The summed E-state index contributed by atoms with van der Waals surface area (Å²) in [4.78, 5) is 7.09. The lowest BCUT2D eigenvalue weighted by molar-refractivity contribution is -0.142. The zero-order valence-corrected chi connectivity index (χ0v) is 12.9. The minimum Gasteiger partial charge on any atom is -0.506 e. The van der Waals surface area contributed by atoms with Crippen molar-refractivity contribution in [1.82, 2.24) is 9.97 Å². The highest BCUT2D eigenvalue weighted by molar-refractivity contribution is 5.86. The van der Waals surface area contributed by atoms with E-state index in [2.05, 4.69) is 9.97 Å². The zero-order chi connectivity index (χ0) is 19.1. The van der Waals surface area contributed by atoms with Crippen molar-refractivity contribution in [1.29, 1.82) is 0 Å². The molecule has 0 amide bonds. The second kappa shape index (κ2) is 6.15. The van der Waals surface area contributed by atoms with Crippen molar-refractivity contribution >= 4 is 10.9 Å². The van der Waals surface area contributed by atoms with Crippen LogP contribution in [0.1, 0.15) is 22.5 Å². The van der Waals surface area contributed by atoms with Gasteiger partial charge in [-0.15, -0.1) is 0 Å². The molecule has 1 N–H and O–H groups in total. The maximum Gasteiger partial charge on any atom is 0.433 e. The van der Waals surface area contributed by atoms with E-state index in [0.717, 1.165) is 18.3 Å². The number of alkyl halides is 6. The molecular weight excluding hydrogens is 362 g/mol. The van der Waals surface area contributed by atoms with Crippen LogP contribution in [-0.2, 0) is 18.8 Å². The average molecular weight is 372 g/mol. The van der Waals surface area contributed by atoms with E-state index in [1.54, 1.807) is 0 Å². The number of hydrogen-bond donors (Lipinski definition) is 1. The second-order valence-electron chi connectivity index (χ2n) is 5.55. The summed E-state index contributed by atoms with van der Waals surface area (Å²) in [5.41, 5.74) is -3.10. The quantitative estimate of drug-likeness (QED) is 0.647. The molecule has 0 aliphatic heterocycles. The summed E-state index contributed by atoms with van der Waals surface area (Å²) in [7, 11) is 0. The summed E-state index contributed by atoms with van der Waals surface area (Å²) in [6.45, 7) is 0. The van der Waals surface area contributed by atoms with Crippen LogP contribution in [0.2, 0.25) is 0 Å². The Labute approximate surface area is 142 Å². The number of nitrogens with zero attached hydrogens (tertiary/aromatic N) is 2. The van der Waals surface area contributed by atoms with Gasteiger partial charge in [-0.2, -0.15) is 26.3 Å². The molecule has 0 atom stereocenters. The van der Waals surface area contributed by atoms with Gasteiger partial charge in [0.15, 0.2) is 0 Å². The first kappa shape index (κ1) is 18.0. The van der Waals surface area contributed by atoms with Crippen LogP contribution in [0.15, 0.2) is 42.6 Å². The Balaban J connectivity index is 2.25. The SMILES string of the molecule is Oc1ccc(Cc2cc(C(F)(F)F)nc3c(C(F)(F)F)cccc23)nc1. The first-order valence-electron chi connectivity index (χ1n) is 7.26. The van der Waals surface area contributed by atoms with Gasteiger partial charge in [0.05, 0.1) is 17.3 Å². The van der Waals surface area contributed by atoms with E-state index in [0.29, 0.717) is 11.8 Å². The highest BCUT2D eigenvalue weighted by Crippen LogP contribution is 2.38. The lowest BCUT2D eigenvalue weighted by atomic mass is 10.00. The summed E-state index contributed by atoms with van der Waals surface area (Å²) in [5, 5.41) is 9.19. The van der Waals surface area contributed by atoms with Crippen molar-refractivity contribution in [3.8, 4) is 5.75 Å². The molecule has 9 heteroatoms. The van der Waals surface area contributed by atoms with E-state index >= 15 is 0 Å². The van der Waals surface area contributed by atoms with Crippen molar-refractivity contribution in [2.45, 2.75) is 18.8 Å². The molecule has 0 fully saturated rings. The maximum absolute atomic E-state index is 13.2. The molecule has 0 unspecified atom stereocenters. The number of para-hydroxylation sites is 1. The van der Waals surface area contributed by atoms with Crippen LogP contribution in [0.3, 0.4) is 0 Å². The van der Waals surface area contributed by atoms with Gasteiger partial charge < -0.3 is 5.11 Å². The molecule has 0 saturated heterocycles. The molecule has 0 aliphatic carbocycles. The molecule has 0 saturated carbocycles. The van der Waals surface area contributed by atoms with E-state index in [1.807, 2.05) is 0 Å². The van der Waals surface area contributed by atoms with Gasteiger partial charge in [0.1, 0.15) is 11.4 Å². The van der Waals surface area contributed by atoms with Gasteiger partial charge in [0, 0.05) is 17.5 Å². The fraction of sp³-hybridized carbons (Fsp3) is 0.176. The third-order valence-corrected chi connectivity index (χ3v) is 3.70. The smallest absolute Gasteiger partial charge is 0.433 e. The van der Waals surface area contributed by atoms with Crippen LogP contribution in [0.25, 0.3) is 10.9 Å². The molecule has 0 spiro atoms. The van der Waals surface area contributed by atoms with Crippen molar-refractivity contribution in [3.63, 3.8) is 0 Å². The Morgan fingerprint density at radius 3 is 2.23 bits per heavy atom. The number of benzene rings is 1. The Morgan fingerprint density at radius 1 is 0.923 bits per heavy atom. The Hall–Kier alpha value is -2.84. The van der Waals surface area contributed by atoms with E-state index < -0.39 is 29.1 Å². The number of hydrogen-bond acceptors (Lipinski definition) is 3. The van der Waals surface area contributed by atoms with Gasteiger partial charge in [0.25, 0.3) is 0 Å². The minimum absolute atomic E-state index is 0.00612. The molecule has 3 rings (SSSR count). The maximum atomic E-state index is 13.2. The predicted octanol–water partition coefficient (Wildman–Crippen LogP) is 4.96. The first-order chi connectivity index (χ1) is 12.1. The van der Waals surface area contributed by atoms with E-state index in [9.17, 15) is 31.4 Å². The number of rotatable bonds is 2. The first-order valence-corrected chi connectivity index (χ1v) is 7.26. The fourth-order valence-electron chi connectivity index (χ4n) is 2.56. The van der Waals surface area contributed by atoms with E-state index in [-0.39, 0.29) is 23.1 Å². The third-order valence-electron chi connectivity index (χ3n) is 3.70. The van der Waals surface area contributed by atoms with Crippen LogP contribution in [0, 0.1) is 0 Å². The van der Waals surface area contributed by atoms with Gasteiger partial charge in [-0.05, 0) is 29.8 Å². The van der Waals surface area contributed by atoms with Gasteiger partial charge in [-0.1, -0.05) is 12.1 Å². The summed E-state index contributed by atoms with van der Waals surface area (Å²) in [6.07, 6.45) is -8.79. The molecular formula is C17H10F6N2O. The molecule has 0 bridgehead atoms. The molecule has 2 heterocycles. The number of halogens is 6. The monoisotopic (exact) mass is 372 g/mol. The molecule has 0 aliphatic rings. The topological polar surface area (TPSA) is 46.0 Å². The molecule has 3 nitrogen and oxygen atoms in total.